The first-order valence-electron chi connectivity index (χ1n) is 7.02. The van der Waals surface area contributed by atoms with Crippen LogP contribution in [0.5, 0.6) is 0 Å². The SMILES string of the molecule is C=C1N=C(NC(C)=O)C=CN1C1OC(CO)C(O)C1(F)C(=C)C. The fourth-order valence-corrected chi connectivity index (χ4v) is 2.56. The Kier molecular flexibility index (Phi) is 4.69. The molecular formula is C15H20FN3O4. The van der Waals surface area contributed by atoms with Crippen molar-refractivity contribution in [2.75, 3.05) is 6.61 Å². The number of carbonyl (C=O) groups is 1. The van der Waals surface area contributed by atoms with E-state index in [-0.39, 0.29) is 23.1 Å². The number of amides is 1. The van der Waals surface area contributed by atoms with Gasteiger partial charge >= 0.3 is 0 Å². The Balaban J connectivity index is 2.29. The maximum absolute atomic E-state index is 15.4. The van der Waals surface area contributed by atoms with E-state index in [1.807, 2.05) is 0 Å². The highest BCUT2D eigenvalue weighted by Crippen LogP contribution is 2.42. The van der Waals surface area contributed by atoms with Crippen molar-refractivity contribution >= 4 is 11.7 Å². The Morgan fingerprint density at radius 1 is 1.61 bits per heavy atom. The number of carbonyl (C=O) groups excluding carboxylic acids is 1. The van der Waals surface area contributed by atoms with Crippen LogP contribution in [0.15, 0.2) is 41.8 Å². The molecule has 3 N–H and O–H groups in total. The Morgan fingerprint density at radius 2 is 2.26 bits per heavy atom. The standard InChI is InChI=1S/C15H20FN3O4/c1-8(2)15(16)13(22)11(7-20)23-14(15)19-6-5-12(17-9(19)3)18-10(4)21/h5-6,11,13-14,20,22H,1,3,7H2,2,4H3,(H,17,18,21). The molecule has 0 aromatic carbocycles. The van der Waals surface area contributed by atoms with E-state index in [9.17, 15) is 15.0 Å². The smallest absolute Gasteiger partial charge is 0.222 e. The number of nitrogens with one attached hydrogen (secondary N) is 1. The Bertz CT molecular complexity index is 604. The van der Waals surface area contributed by atoms with Crippen LogP contribution < -0.4 is 5.32 Å². The number of alkyl halides is 1. The molecule has 23 heavy (non-hydrogen) atoms. The third kappa shape index (κ3) is 2.92. The van der Waals surface area contributed by atoms with Crippen molar-refractivity contribution in [2.24, 2.45) is 4.99 Å². The minimum absolute atomic E-state index is 0.0591. The number of aliphatic imine (C=N–C) groups is 1. The quantitative estimate of drug-likeness (QED) is 0.644. The zero-order valence-corrected chi connectivity index (χ0v) is 13.0. The molecule has 0 radical (unpaired) electrons. The summed E-state index contributed by atoms with van der Waals surface area (Å²) in [5.74, 6) is 0.0791. The molecule has 1 saturated heterocycles. The number of nitrogens with zero attached hydrogens (tertiary/aromatic N) is 2. The molecule has 7 nitrogen and oxygen atoms in total. The summed E-state index contributed by atoms with van der Waals surface area (Å²) < 4.78 is 20.8. The van der Waals surface area contributed by atoms with Gasteiger partial charge in [-0.25, -0.2) is 9.38 Å². The van der Waals surface area contributed by atoms with Gasteiger partial charge in [-0.1, -0.05) is 13.2 Å². The molecule has 1 amide bonds. The molecule has 0 spiro atoms. The third-order valence-electron chi connectivity index (χ3n) is 3.78. The maximum Gasteiger partial charge on any atom is 0.222 e. The average Bonchev–Trinajstić information content (AvgIpc) is 2.72. The topological polar surface area (TPSA) is 94.4 Å². The van der Waals surface area contributed by atoms with Crippen LogP contribution in [-0.4, -0.2) is 57.6 Å². The molecule has 8 heteroatoms. The second-order valence-electron chi connectivity index (χ2n) is 5.52. The fourth-order valence-electron chi connectivity index (χ4n) is 2.56. The number of rotatable bonds is 3. The number of aliphatic hydroxyl groups is 2. The summed E-state index contributed by atoms with van der Waals surface area (Å²) in [5.41, 5.74) is -2.24. The highest BCUT2D eigenvalue weighted by atomic mass is 19.1. The lowest BCUT2D eigenvalue weighted by molar-refractivity contribution is -0.117. The lowest BCUT2D eigenvalue weighted by Crippen LogP contribution is -2.51. The second-order valence-corrected chi connectivity index (χ2v) is 5.52. The van der Waals surface area contributed by atoms with Crippen LogP contribution in [0.2, 0.25) is 0 Å². The summed E-state index contributed by atoms with van der Waals surface area (Å²) >= 11 is 0. The molecule has 2 heterocycles. The van der Waals surface area contributed by atoms with Crippen LogP contribution in [-0.2, 0) is 9.53 Å². The Hall–Kier alpha value is -2.03. The van der Waals surface area contributed by atoms with Gasteiger partial charge in [0.2, 0.25) is 11.6 Å². The first-order chi connectivity index (χ1) is 10.7. The monoisotopic (exact) mass is 325 g/mol. The molecule has 1 fully saturated rings. The normalized spacial score (nSPS) is 33.6. The second kappa shape index (κ2) is 6.23. The Labute approximate surface area is 133 Å². The van der Waals surface area contributed by atoms with Gasteiger partial charge in [0.15, 0.2) is 6.23 Å². The van der Waals surface area contributed by atoms with E-state index in [1.54, 1.807) is 0 Å². The molecule has 2 aliphatic heterocycles. The van der Waals surface area contributed by atoms with E-state index in [4.69, 9.17) is 4.74 Å². The fraction of sp³-hybridized carbons (Fsp3) is 0.467. The van der Waals surface area contributed by atoms with Crippen molar-refractivity contribution in [3.63, 3.8) is 0 Å². The van der Waals surface area contributed by atoms with Gasteiger partial charge in [0, 0.05) is 13.1 Å². The number of aliphatic hydroxyl groups excluding tert-OH is 2. The summed E-state index contributed by atoms with van der Waals surface area (Å²) in [6.07, 6.45) is -1.05. The first kappa shape index (κ1) is 17.3. The molecule has 0 aromatic rings. The van der Waals surface area contributed by atoms with Gasteiger partial charge in [-0.2, -0.15) is 0 Å². The van der Waals surface area contributed by atoms with Crippen molar-refractivity contribution in [3.8, 4) is 0 Å². The van der Waals surface area contributed by atoms with Crippen LogP contribution >= 0.6 is 0 Å². The number of ether oxygens (including phenoxy) is 1. The minimum Gasteiger partial charge on any atom is -0.394 e. The highest BCUT2D eigenvalue weighted by molar-refractivity contribution is 6.04. The Morgan fingerprint density at radius 3 is 2.74 bits per heavy atom. The number of hydrogen-bond acceptors (Lipinski definition) is 6. The van der Waals surface area contributed by atoms with Gasteiger partial charge < -0.3 is 25.2 Å². The molecular weight excluding hydrogens is 305 g/mol. The molecule has 2 aliphatic rings. The number of halogens is 1. The van der Waals surface area contributed by atoms with Gasteiger partial charge in [0.05, 0.1) is 6.61 Å². The molecule has 0 bridgehead atoms. The lowest BCUT2D eigenvalue weighted by Gasteiger charge is -2.36. The summed E-state index contributed by atoms with van der Waals surface area (Å²) in [7, 11) is 0. The predicted octanol–water partition coefficient (Wildman–Crippen LogP) is 0.184. The molecule has 4 unspecified atom stereocenters. The van der Waals surface area contributed by atoms with Crippen LogP contribution in [0.3, 0.4) is 0 Å². The number of hydrogen-bond donors (Lipinski definition) is 3. The van der Waals surface area contributed by atoms with Crippen molar-refractivity contribution < 1.29 is 24.1 Å². The van der Waals surface area contributed by atoms with Crippen molar-refractivity contribution in [3.05, 3.63) is 36.8 Å². The van der Waals surface area contributed by atoms with Crippen LogP contribution in [0.25, 0.3) is 0 Å². The van der Waals surface area contributed by atoms with Gasteiger partial charge in [-0.05, 0) is 18.6 Å². The van der Waals surface area contributed by atoms with Crippen molar-refractivity contribution in [2.45, 2.75) is 38.0 Å². The largest absolute Gasteiger partial charge is 0.394 e. The van der Waals surface area contributed by atoms with Crippen molar-refractivity contribution in [1.29, 1.82) is 0 Å². The first-order valence-corrected chi connectivity index (χ1v) is 7.02. The van der Waals surface area contributed by atoms with E-state index in [2.05, 4.69) is 23.5 Å². The van der Waals surface area contributed by atoms with Crippen LogP contribution in [0.1, 0.15) is 13.8 Å². The van der Waals surface area contributed by atoms with E-state index >= 15 is 4.39 Å². The molecule has 0 aliphatic carbocycles. The minimum atomic E-state index is -2.30. The zero-order chi connectivity index (χ0) is 17.4. The zero-order valence-electron chi connectivity index (χ0n) is 13.0. The van der Waals surface area contributed by atoms with Crippen LogP contribution in [0.4, 0.5) is 4.39 Å². The van der Waals surface area contributed by atoms with Crippen LogP contribution in [0, 0.1) is 0 Å². The average molecular weight is 325 g/mol. The van der Waals surface area contributed by atoms with Gasteiger partial charge in [-0.15, -0.1) is 0 Å². The molecule has 126 valence electrons. The van der Waals surface area contributed by atoms with E-state index in [1.165, 1.54) is 31.0 Å². The van der Waals surface area contributed by atoms with E-state index in [0.29, 0.717) is 0 Å². The third-order valence-corrected chi connectivity index (χ3v) is 3.78. The summed E-state index contributed by atoms with van der Waals surface area (Å²) in [6, 6.07) is 0. The van der Waals surface area contributed by atoms with Crippen molar-refractivity contribution in [1.82, 2.24) is 10.2 Å². The summed E-state index contributed by atoms with van der Waals surface area (Å²) in [5, 5.41) is 21.9. The van der Waals surface area contributed by atoms with Gasteiger partial charge in [0.25, 0.3) is 0 Å². The van der Waals surface area contributed by atoms with E-state index in [0.717, 1.165) is 0 Å². The lowest BCUT2D eigenvalue weighted by atomic mass is 9.89. The van der Waals surface area contributed by atoms with Gasteiger partial charge in [0.1, 0.15) is 23.9 Å². The van der Waals surface area contributed by atoms with Gasteiger partial charge in [-0.3, -0.25) is 4.79 Å². The predicted molar refractivity (Wildman–Crippen MR) is 81.8 cm³/mol. The maximum atomic E-state index is 15.4. The number of amidine groups is 1. The summed E-state index contributed by atoms with van der Waals surface area (Å²) in [6.45, 7) is 9.52. The van der Waals surface area contributed by atoms with E-state index < -0.39 is 30.7 Å². The summed E-state index contributed by atoms with van der Waals surface area (Å²) in [4.78, 5) is 16.4. The highest BCUT2D eigenvalue weighted by Gasteiger charge is 2.60. The molecule has 0 aromatic heterocycles. The molecule has 4 atom stereocenters. The molecule has 2 rings (SSSR count). The molecule has 0 saturated carbocycles.